The molecule has 4 aromatic carbocycles. The normalized spacial score (nSPS) is 13.2. The van der Waals surface area contributed by atoms with Gasteiger partial charge in [-0.05, 0) is 78.6 Å². The molecule has 200 valence electrons. The van der Waals surface area contributed by atoms with E-state index >= 15 is 0 Å². The number of rotatable bonds is 7. The molecule has 0 spiro atoms. The molecule has 5 aromatic rings. The Bertz CT molecular complexity index is 1660. The van der Waals surface area contributed by atoms with Crippen LogP contribution in [0.3, 0.4) is 0 Å². The van der Waals surface area contributed by atoms with E-state index in [4.69, 9.17) is 14.6 Å². The van der Waals surface area contributed by atoms with Gasteiger partial charge < -0.3 is 9.88 Å². The Kier molecular flexibility index (Phi) is 7.99. The molecule has 0 bridgehead atoms. The molecule has 1 atom stereocenters. The first kappa shape index (κ1) is 26.8. The minimum absolute atomic E-state index is 0.0555. The van der Waals surface area contributed by atoms with Gasteiger partial charge in [-0.25, -0.2) is 4.98 Å². The number of imidazole rings is 1. The molecular weight excluding hydrogens is 498 g/mol. The van der Waals surface area contributed by atoms with Gasteiger partial charge in [-0.2, -0.15) is 9.59 Å². The SMILES string of the molecule is Cc1nc2cc(C(=O)N[C@@H](C)c3cccc(C4CC4)c3)ccc2n1Cc1ccc(-c2ccccc2)cc1.O=C=O. The fourth-order valence-electron chi connectivity index (χ4n) is 5.07. The topological polar surface area (TPSA) is 81.1 Å². The quantitative estimate of drug-likeness (QED) is 0.250. The summed E-state index contributed by atoms with van der Waals surface area (Å²) in [6, 6.07) is 33.5. The van der Waals surface area contributed by atoms with Crippen LogP contribution >= 0.6 is 0 Å². The fraction of sp³-hybridized carbons (Fsp3) is 0.206. The molecule has 40 heavy (non-hydrogen) atoms. The zero-order valence-corrected chi connectivity index (χ0v) is 22.6. The first-order valence-electron chi connectivity index (χ1n) is 13.5. The summed E-state index contributed by atoms with van der Waals surface area (Å²) >= 11 is 0. The van der Waals surface area contributed by atoms with Crippen molar-refractivity contribution in [3.05, 3.63) is 125 Å². The van der Waals surface area contributed by atoms with E-state index in [1.807, 2.05) is 38.1 Å². The smallest absolute Gasteiger partial charge is 0.346 e. The van der Waals surface area contributed by atoms with E-state index in [-0.39, 0.29) is 18.1 Å². The van der Waals surface area contributed by atoms with Crippen molar-refractivity contribution in [2.75, 3.05) is 0 Å². The molecule has 1 N–H and O–H groups in total. The molecule has 0 radical (unpaired) electrons. The Morgan fingerprint density at radius 3 is 2.33 bits per heavy atom. The number of hydrogen-bond donors (Lipinski definition) is 1. The van der Waals surface area contributed by atoms with E-state index in [2.05, 4.69) is 82.7 Å². The minimum Gasteiger partial charge on any atom is -0.346 e. The molecule has 1 heterocycles. The van der Waals surface area contributed by atoms with Gasteiger partial charge in [-0.3, -0.25) is 4.79 Å². The predicted octanol–water partition coefficient (Wildman–Crippen LogP) is 6.84. The maximum Gasteiger partial charge on any atom is 0.373 e. The summed E-state index contributed by atoms with van der Waals surface area (Å²) in [5, 5.41) is 3.17. The first-order valence-corrected chi connectivity index (χ1v) is 13.5. The highest BCUT2D eigenvalue weighted by Crippen LogP contribution is 2.40. The third-order valence-corrected chi connectivity index (χ3v) is 7.41. The van der Waals surface area contributed by atoms with E-state index in [0.29, 0.717) is 11.5 Å². The molecule has 1 aliphatic carbocycles. The number of amides is 1. The lowest BCUT2D eigenvalue weighted by atomic mass is 10.0. The van der Waals surface area contributed by atoms with E-state index in [9.17, 15) is 4.79 Å². The summed E-state index contributed by atoms with van der Waals surface area (Å²) in [5.74, 6) is 1.56. The number of aryl methyl sites for hydroxylation is 1. The summed E-state index contributed by atoms with van der Waals surface area (Å²) in [6.45, 7) is 4.80. The number of benzene rings is 4. The van der Waals surface area contributed by atoms with Crippen molar-refractivity contribution in [3.63, 3.8) is 0 Å². The van der Waals surface area contributed by atoms with Gasteiger partial charge in [0.15, 0.2) is 0 Å². The molecule has 1 fully saturated rings. The Morgan fingerprint density at radius 1 is 0.925 bits per heavy atom. The number of carbonyl (C=O) groups excluding carboxylic acids is 3. The second-order valence-corrected chi connectivity index (χ2v) is 10.2. The van der Waals surface area contributed by atoms with Crippen molar-refractivity contribution in [1.82, 2.24) is 14.9 Å². The lowest BCUT2D eigenvalue weighted by molar-refractivity contribution is -0.191. The molecule has 6 rings (SSSR count). The second-order valence-electron chi connectivity index (χ2n) is 10.2. The highest BCUT2D eigenvalue weighted by Gasteiger charge is 2.24. The Balaban J connectivity index is 0.00000103. The molecular formula is C34H31N3O3. The lowest BCUT2D eigenvalue weighted by Crippen LogP contribution is -2.26. The number of carbonyl (C=O) groups is 1. The average Bonchev–Trinajstić information content (AvgIpc) is 3.79. The molecule has 0 saturated heterocycles. The lowest BCUT2D eigenvalue weighted by Gasteiger charge is -2.15. The molecule has 1 amide bonds. The summed E-state index contributed by atoms with van der Waals surface area (Å²) in [4.78, 5) is 34.1. The molecule has 0 unspecified atom stereocenters. The van der Waals surface area contributed by atoms with Gasteiger partial charge in [0.1, 0.15) is 5.82 Å². The molecule has 6 nitrogen and oxygen atoms in total. The van der Waals surface area contributed by atoms with Gasteiger partial charge in [-0.15, -0.1) is 0 Å². The zero-order chi connectivity index (χ0) is 28.1. The van der Waals surface area contributed by atoms with Crippen molar-refractivity contribution < 1.29 is 14.4 Å². The van der Waals surface area contributed by atoms with Gasteiger partial charge in [-0.1, -0.05) is 78.9 Å². The van der Waals surface area contributed by atoms with Crippen molar-refractivity contribution in [3.8, 4) is 11.1 Å². The fourth-order valence-corrected chi connectivity index (χ4v) is 5.07. The van der Waals surface area contributed by atoms with Crippen LogP contribution in [0.1, 0.15) is 64.6 Å². The molecule has 1 aromatic heterocycles. The summed E-state index contributed by atoms with van der Waals surface area (Å²) < 4.78 is 2.21. The molecule has 1 aliphatic rings. The Labute approximate surface area is 233 Å². The van der Waals surface area contributed by atoms with E-state index < -0.39 is 0 Å². The van der Waals surface area contributed by atoms with Gasteiger partial charge in [0.05, 0.1) is 17.1 Å². The van der Waals surface area contributed by atoms with Crippen LogP contribution in [0.2, 0.25) is 0 Å². The molecule has 6 heteroatoms. The second kappa shape index (κ2) is 11.9. The highest BCUT2D eigenvalue weighted by atomic mass is 16.2. The summed E-state index contributed by atoms with van der Waals surface area (Å²) in [5.41, 5.74) is 8.68. The monoisotopic (exact) mass is 529 g/mol. The van der Waals surface area contributed by atoms with Crippen LogP contribution in [0, 0.1) is 6.92 Å². The number of hydrogen-bond acceptors (Lipinski definition) is 4. The number of nitrogens with zero attached hydrogens (tertiary/aromatic N) is 2. The third kappa shape index (κ3) is 6.09. The predicted molar refractivity (Wildman–Crippen MR) is 155 cm³/mol. The average molecular weight is 530 g/mol. The van der Waals surface area contributed by atoms with Crippen molar-refractivity contribution in [2.45, 2.75) is 45.2 Å². The van der Waals surface area contributed by atoms with Gasteiger partial charge >= 0.3 is 6.15 Å². The number of fused-ring (bicyclic) bond motifs is 1. The first-order chi connectivity index (χ1) is 19.5. The maximum atomic E-state index is 13.1. The van der Waals surface area contributed by atoms with E-state index in [1.165, 1.54) is 35.1 Å². The van der Waals surface area contributed by atoms with Crippen molar-refractivity contribution >= 4 is 23.1 Å². The van der Waals surface area contributed by atoms with Crippen LogP contribution < -0.4 is 5.32 Å². The van der Waals surface area contributed by atoms with Crippen LogP contribution in [-0.4, -0.2) is 21.6 Å². The van der Waals surface area contributed by atoms with Crippen LogP contribution in [0.5, 0.6) is 0 Å². The van der Waals surface area contributed by atoms with E-state index in [0.717, 1.165) is 29.0 Å². The number of nitrogens with one attached hydrogen (secondary N) is 1. The minimum atomic E-state index is -0.0741. The van der Waals surface area contributed by atoms with Crippen LogP contribution in [0.25, 0.3) is 22.2 Å². The highest BCUT2D eigenvalue weighted by molar-refractivity contribution is 5.97. The van der Waals surface area contributed by atoms with Gasteiger partial charge in [0.25, 0.3) is 5.91 Å². The molecule has 1 saturated carbocycles. The van der Waals surface area contributed by atoms with Crippen molar-refractivity contribution in [2.24, 2.45) is 0 Å². The standard InChI is InChI=1S/C33H31N3O.CO2/c1-22(28-9-6-10-29(19-28)27-15-16-27)34-33(37)30-17-18-32-31(20-30)35-23(2)36(32)21-24-11-13-26(14-12-24)25-7-4-3-5-8-25;2-1-3/h3-14,17-20,22,27H,15-16,21H2,1-2H3,(H,34,37);/t22-;/m0./s1. The number of aromatic nitrogens is 2. The summed E-state index contributed by atoms with van der Waals surface area (Å²) in [7, 11) is 0. The van der Waals surface area contributed by atoms with E-state index in [1.54, 1.807) is 0 Å². The van der Waals surface area contributed by atoms with Crippen LogP contribution in [0.15, 0.2) is 97.1 Å². The Hall–Kier alpha value is -4.80. The third-order valence-electron chi connectivity index (χ3n) is 7.41. The summed E-state index contributed by atoms with van der Waals surface area (Å²) in [6.07, 6.45) is 2.80. The Morgan fingerprint density at radius 2 is 1.62 bits per heavy atom. The van der Waals surface area contributed by atoms with Gasteiger partial charge in [0, 0.05) is 12.1 Å². The van der Waals surface area contributed by atoms with Gasteiger partial charge in [0.2, 0.25) is 0 Å². The largest absolute Gasteiger partial charge is 0.373 e. The van der Waals surface area contributed by atoms with Crippen LogP contribution in [0.4, 0.5) is 0 Å². The zero-order valence-electron chi connectivity index (χ0n) is 22.6. The van der Waals surface area contributed by atoms with Crippen molar-refractivity contribution in [1.29, 1.82) is 0 Å². The maximum absolute atomic E-state index is 13.1. The molecule has 0 aliphatic heterocycles. The van der Waals surface area contributed by atoms with Crippen LogP contribution in [-0.2, 0) is 16.1 Å².